The van der Waals surface area contributed by atoms with E-state index < -0.39 is 5.97 Å². The van der Waals surface area contributed by atoms with E-state index in [1.165, 1.54) is 5.57 Å². The van der Waals surface area contributed by atoms with Crippen LogP contribution in [0.3, 0.4) is 0 Å². The van der Waals surface area contributed by atoms with Gasteiger partial charge >= 0.3 is 5.97 Å². The molecule has 0 aromatic rings. The van der Waals surface area contributed by atoms with Gasteiger partial charge in [-0.05, 0) is 32.1 Å². The maximum Gasteiger partial charge on any atom is 0.306 e. The fraction of sp³-hybridized carbons (Fsp3) is 0.700. The molecule has 1 rings (SSSR count). The molecule has 2 heteroatoms. The number of hydrogen-bond donors (Lipinski definition) is 1. The van der Waals surface area contributed by atoms with Crippen LogP contribution in [-0.2, 0) is 4.79 Å². The zero-order valence-electron chi connectivity index (χ0n) is 7.71. The van der Waals surface area contributed by atoms with Gasteiger partial charge in [0.25, 0.3) is 0 Å². The summed E-state index contributed by atoms with van der Waals surface area (Å²) in [5.41, 5.74) is 1.41. The molecule has 2 atom stereocenters. The maximum atomic E-state index is 10.7. The van der Waals surface area contributed by atoms with Gasteiger partial charge < -0.3 is 5.11 Å². The first-order chi connectivity index (χ1) is 5.61. The van der Waals surface area contributed by atoms with Gasteiger partial charge in [0.15, 0.2) is 0 Å². The van der Waals surface area contributed by atoms with Gasteiger partial charge in [0.1, 0.15) is 0 Å². The number of hydrogen-bond acceptors (Lipinski definition) is 1. The quantitative estimate of drug-likeness (QED) is 0.643. The summed E-state index contributed by atoms with van der Waals surface area (Å²) in [6.45, 7) is 3.92. The van der Waals surface area contributed by atoms with Crippen molar-refractivity contribution >= 4 is 5.97 Å². The second-order valence-electron chi connectivity index (χ2n) is 3.71. The first-order valence-corrected chi connectivity index (χ1v) is 4.49. The van der Waals surface area contributed by atoms with Crippen LogP contribution in [0.4, 0.5) is 0 Å². The highest BCUT2D eigenvalue weighted by atomic mass is 16.4. The molecule has 0 aromatic carbocycles. The fourth-order valence-electron chi connectivity index (χ4n) is 1.64. The molecule has 0 amide bonds. The Morgan fingerprint density at radius 2 is 2.42 bits per heavy atom. The van der Waals surface area contributed by atoms with Crippen LogP contribution in [0.25, 0.3) is 0 Å². The lowest BCUT2D eigenvalue weighted by atomic mass is 9.82. The van der Waals surface area contributed by atoms with Crippen LogP contribution in [0.1, 0.15) is 33.1 Å². The second-order valence-corrected chi connectivity index (χ2v) is 3.71. The minimum absolute atomic E-state index is 0.186. The Morgan fingerprint density at radius 3 is 2.83 bits per heavy atom. The molecule has 2 nitrogen and oxygen atoms in total. The molecular weight excluding hydrogens is 152 g/mol. The number of allylic oxidation sites excluding steroid dienone is 2. The molecule has 0 aromatic heterocycles. The van der Waals surface area contributed by atoms with Gasteiger partial charge in [-0.25, -0.2) is 0 Å². The van der Waals surface area contributed by atoms with E-state index in [0.29, 0.717) is 5.92 Å². The third-order valence-electron chi connectivity index (χ3n) is 2.78. The standard InChI is InChI=1S/C10H16O2/c1-7-3-5-9(6-4-7)8(2)10(11)12/h3,8-9H,4-6H2,1-2H3,(H,11,12)/t8-,9-/m0/s1. The van der Waals surface area contributed by atoms with Crippen molar-refractivity contribution in [2.75, 3.05) is 0 Å². The average Bonchev–Trinajstić information content (AvgIpc) is 2.04. The molecule has 1 aliphatic rings. The third kappa shape index (κ3) is 2.10. The van der Waals surface area contributed by atoms with Gasteiger partial charge in [-0.3, -0.25) is 4.79 Å². The molecule has 0 heterocycles. The van der Waals surface area contributed by atoms with Crippen molar-refractivity contribution < 1.29 is 9.90 Å². The predicted molar refractivity (Wildman–Crippen MR) is 47.9 cm³/mol. The monoisotopic (exact) mass is 168 g/mol. The van der Waals surface area contributed by atoms with Gasteiger partial charge in [0.2, 0.25) is 0 Å². The molecule has 68 valence electrons. The van der Waals surface area contributed by atoms with Crippen LogP contribution < -0.4 is 0 Å². The zero-order valence-corrected chi connectivity index (χ0v) is 7.71. The maximum absolute atomic E-state index is 10.7. The smallest absolute Gasteiger partial charge is 0.306 e. The molecule has 1 N–H and O–H groups in total. The van der Waals surface area contributed by atoms with Crippen molar-refractivity contribution in [3.05, 3.63) is 11.6 Å². The zero-order chi connectivity index (χ0) is 9.14. The predicted octanol–water partition coefficient (Wildman–Crippen LogP) is 2.45. The van der Waals surface area contributed by atoms with Gasteiger partial charge in [0.05, 0.1) is 5.92 Å². The summed E-state index contributed by atoms with van der Waals surface area (Å²) >= 11 is 0. The molecule has 0 aliphatic heterocycles. The highest BCUT2D eigenvalue weighted by Gasteiger charge is 2.24. The molecule has 0 spiro atoms. The van der Waals surface area contributed by atoms with E-state index in [4.69, 9.17) is 5.11 Å². The Labute approximate surface area is 73.3 Å². The summed E-state index contributed by atoms with van der Waals surface area (Å²) in [5.74, 6) is -0.492. The van der Waals surface area contributed by atoms with Crippen LogP contribution in [-0.4, -0.2) is 11.1 Å². The Hall–Kier alpha value is -0.790. The third-order valence-corrected chi connectivity index (χ3v) is 2.78. The van der Waals surface area contributed by atoms with E-state index >= 15 is 0 Å². The molecule has 0 bridgehead atoms. The summed E-state index contributed by atoms with van der Waals surface area (Å²) in [6, 6.07) is 0. The van der Waals surface area contributed by atoms with Crippen molar-refractivity contribution in [1.29, 1.82) is 0 Å². The molecular formula is C10H16O2. The normalized spacial score (nSPS) is 26.2. The number of carboxylic acid groups (broad SMARTS) is 1. The average molecular weight is 168 g/mol. The van der Waals surface area contributed by atoms with Crippen LogP contribution in [0, 0.1) is 11.8 Å². The highest BCUT2D eigenvalue weighted by molar-refractivity contribution is 5.69. The van der Waals surface area contributed by atoms with E-state index in [1.54, 1.807) is 0 Å². The fourth-order valence-corrected chi connectivity index (χ4v) is 1.64. The molecule has 0 saturated carbocycles. The topological polar surface area (TPSA) is 37.3 Å². The Morgan fingerprint density at radius 1 is 1.75 bits per heavy atom. The van der Waals surface area contributed by atoms with E-state index in [1.807, 2.05) is 6.92 Å². The summed E-state index contributed by atoms with van der Waals surface area (Å²) in [5, 5.41) is 8.78. The van der Waals surface area contributed by atoms with E-state index in [0.717, 1.165) is 19.3 Å². The van der Waals surface area contributed by atoms with Gasteiger partial charge in [-0.15, -0.1) is 0 Å². The number of rotatable bonds is 2. The highest BCUT2D eigenvalue weighted by Crippen LogP contribution is 2.28. The largest absolute Gasteiger partial charge is 0.481 e. The van der Waals surface area contributed by atoms with E-state index in [-0.39, 0.29) is 5.92 Å². The summed E-state index contributed by atoms with van der Waals surface area (Å²) in [6.07, 6.45) is 5.23. The number of carbonyl (C=O) groups is 1. The van der Waals surface area contributed by atoms with Gasteiger partial charge in [-0.1, -0.05) is 18.6 Å². The van der Waals surface area contributed by atoms with Crippen molar-refractivity contribution in [3.8, 4) is 0 Å². The van der Waals surface area contributed by atoms with E-state index in [2.05, 4.69) is 13.0 Å². The van der Waals surface area contributed by atoms with Gasteiger partial charge in [0, 0.05) is 0 Å². The lowest BCUT2D eigenvalue weighted by Crippen LogP contribution is -2.21. The Kier molecular flexibility index (Phi) is 2.90. The van der Waals surface area contributed by atoms with Crippen molar-refractivity contribution in [3.63, 3.8) is 0 Å². The Balaban J connectivity index is 2.51. The summed E-state index contributed by atoms with van der Waals surface area (Å²) in [4.78, 5) is 10.7. The van der Waals surface area contributed by atoms with Crippen molar-refractivity contribution in [1.82, 2.24) is 0 Å². The molecule has 0 fully saturated rings. The Bertz CT molecular complexity index is 206. The van der Waals surface area contributed by atoms with Crippen LogP contribution in [0.15, 0.2) is 11.6 Å². The van der Waals surface area contributed by atoms with Crippen molar-refractivity contribution in [2.24, 2.45) is 11.8 Å². The molecule has 0 radical (unpaired) electrons. The first kappa shape index (κ1) is 9.30. The SMILES string of the molecule is CC1=CC[C@H]([C@H](C)C(=O)O)CC1. The molecule has 12 heavy (non-hydrogen) atoms. The van der Waals surface area contributed by atoms with E-state index in [9.17, 15) is 4.79 Å². The van der Waals surface area contributed by atoms with Crippen LogP contribution in [0.5, 0.6) is 0 Å². The van der Waals surface area contributed by atoms with Gasteiger partial charge in [-0.2, -0.15) is 0 Å². The second kappa shape index (κ2) is 3.74. The minimum Gasteiger partial charge on any atom is -0.481 e. The molecule has 0 saturated heterocycles. The van der Waals surface area contributed by atoms with Crippen LogP contribution >= 0.6 is 0 Å². The lowest BCUT2D eigenvalue weighted by Gasteiger charge is -2.23. The number of carboxylic acids is 1. The molecule has 0 unspecified atom stereocenters. The van der Waals surface area contributed by atoms with Crippen LogP contribution in [0.2, 0.25) is 0 Å². The minimum atomic E-state index is -0.659. The van der Waals surface area contributed by atoms with Crippen molar-refractivity contribution in [2.45, 2.75) is 33.1 Å². The summed E-state index contributed by atoms with van der Waals surface area (Å²) in [7, 11) is 0. The summed E-state index contributed by atoms with van der Waals surface area (Å²) < 4.78 is 0. The first-order valence-electron chi connectivity index (χ1n) is 4.49. The molecule has 1 aliphatic carbocycles. The lowest BCUT2D eigenvalue weighted by molar-refractivity contribution is -0.143. The number of aliphatic carboxylic acids is 1.